The normalized spacial score (nSPS) is 15.9. The molecule has 0 rings (SSSR count). The van der Waals surface area contributed by atoms with Gasteiger partial charge in [0.05, 0.1) is 0 Å². The summed E-state index contributed by atoms with van der Waals surface area (Å²) in [6, 6.07) is -0.917. The van der Waals surface area contributed by atoms with Crippen LogP contribution in [0.5, 0.6) is 0 Å². The quantitative estimate of drug-likeness (QED) is 0.459. The molecule has 0 aromatic heterocycles. The molecular weight excluding hydrogens is 150 g/mol. The first-order valence-corrected chi connectivity index (χ1v) is 3.27. The van der Waals surface area contributed by atoms with Crippen LogP contribution in [0.3, 0.4) is 0 Å². The number of carboxylic acids is 1. The van der Waals surface area contributed by atoms with Gasteiger partial charge in [-0.15, -0.1) is 0 Å². The van der Waals surface area contributed by atoms with Gasteiger partial charge in [0, 0.05) is 13.5 Å². The molecule has 0 bridgehead atoms. The van der Waals surface area contributed by atoms with E-state index in [0.29, 0.717) is 0 Å². The lowest BCUT2D eigenvalue weighted by Gasteiger charge is -2.09. The van der Waals surface area contributed by atoms with Crippen molar-refractivity contribution in [1.29, 1.82) is 0 Å². The minimum atomic E-state index is -1.06. The number of aliphatic hydroxyl groups excluding tert-OH is 1. The summed E-state index contributed by atoms with van der Waals surface area (Å²) in [5.74, 6) is -1.06. The largest absolute Gasteiger partial charge is 0.480 e. The first kappa shape index (κ1) is 10.3. The van der Waals surface area contributed by atoms with E-state index in [2.05, 4.69) is 4.74 Å². The van der Waals surface area contributed by atoms with Crippen LogP contribution < -0.4 is 5.73 Å². The molecule has 5 heteroatoms. The van der Waals surface area contributed by atoms with E-state index in [-0.39, 0.29) is 12.8 Å². The molecule has 0 aliphatic rings. The molecule has 0 heterocycles. The molecule has 2 unspecified atom stereocenters. The van der Waals surface area contributed by atoms with Crippen molar-refractivity contribution in [2.75, 3.05) is 7.11 Å². The molecule has 2 atom stereocenters. The molecule has 0 aliphatic carbocycles. The van der Waals surface area contributed by atoms with Gasteiger partial charge in [0.1, 0.15) is 6.04 Å². The molecule has 0 radical (unpaired) electrons. The monoisotopic (exact) mass is 163 g/mol. The van der Waals surface area contributed by atoms with Crippen LogP contribution in [0.15, 0.2) is 0 Å². The lowest BCUT2D eigenvalue weighted by Crippen LogP contribution is -2.31. The summed E-state index contributed by atoms with van der Waals surface area (Å²) in [4.78, 5) is 10.2. The van der Waals surface area contributed by atoms with E-state index in [0.717, 1.165) is 0 Å². The molecule has 5 nitrogen and oxygen atoms in total. The van der Waals surface area contributed by atoms with Crippen LogP contribution in [0, 0.1) is 0 Å². The lowest BCUT2D eigenvalue weighted by molar-refractivity contribution is -0.139. The zero-order valence-electron chi connectivity index (χ0n) is 6.36. The van der Waals surface area contributed by atoms with E-state index in [1.54, 1.807) is 0 Å². The van der Waals surface area contributed by atoms with Crippen molar-refractivity contribution < 1.29 is 19.7 Å². The van der Waals surface area contributed by atoms with Crippen molar-refractivity contribution in [1.82, 2.24) is 0 Å². The van der Waals surface area contributed by atoms with Crippen molar-refractivity contribution >= 4 is 5.97 Å². The van der Waals surface area contributed by atoms with Crippen LogP contribution in [0.25, 0.3) is 0 Å². The Balaban J connectivity index is 3.45. The molecule has 0 saturated carbocycles. The molecule has 0 aromatic rings. The molecule has 0 amide bonds. The van der Waals surface area contributed by atoms with Gasteiger partial charge >= 0.3 is 5.97 Å². The summed E-state index contributed by atoms with van der Waals surface area (Å²) < 4.78 is 4.49. The smallest absolute Gasteiger partial charge is 0.320 e. The first-order chi connectivity index (χ1) is 5.07. The van der Waals surface area contributed by atoms with Crippen molar-refractivity contribution in [3.63, 3.8) is 0 Å². The predicted octanol–water partition coefficient (Wildman–Crippen LogP) is -0.857. The second kappa shape index (κ2) is 5.06. The molecule has 11 heavy (non-hydrogen) atoms. The number of aliphatic hydroxyl groups is 1. The van der Waals surface area contributed by atoms with Crippen LogP contribution >= 0.6 is 0 Å². The van der Waals surface area contributed by atoms with Gasteiger partial charge in [-0.05, 0) is 6.42 Å². The predicted molar refractivity (Wildman–Crippen MR) is 37.9 cm³/mol. The van der Waals surface area contributed by atoms with Crippen molar-refractivity contribution in [3.8, 4) is 0 Å². The van der Waals surface area contributed by atoms with E-state index in [1.165, 1.54) is 7.11 Å². The van der Waals surface area contributed by atoms with Gasteiger partial charge in [-0.2, -0.15) is 0 Å². The topological polar surface area (TPSA) is 92.8 Å². The molecule has 0 spiro atoms. The molecule has 0 saturated heterocycles. The van der Waals surface area contributed by atoms with E-state index in [1.807, 2.05) is 0 Å². The number of carboxylic acid groups (broad SMARTS) is 1. The van der Waals surface area contributed by atoms with Crippen molar-refractivity contribution in [2.45, 2.75) is 25.2 Å². The van der Waals surface area contributed by atoms with Crippen LogP contribution in [0.2, 0.25) is 0 Å². The van der Waals surface area contributed by atoms with Gasteiger partial charge in [-0.1, -0.05) is 0 Å². The average molecular weight is 163 g/mol. The molecule has 0 aromatic carbocycles. The highest BCUT2D eigenvalue weighted by molar-refractivity contribution is 5.72. The highest BCUT2D eigenvalue weighted by Gasteiger charge is 2.12. The molecule has 0 fully saturated rings. The van der Waals surface area contributed by atoms with Gasteiger partial charge in [0.2, 0.25) is 0 Å². The number of hydrogen-bond donors (Lipinski definition) is 3. The van der Waals surface area contributed by atoms with Gasteiger partial charge in [0.15, 0.2) is 6.29 Å². The third-order valence-corrected chi connectivity index (χ3v) is 1.31. The summed E-state index contributed by atoms with van der Waals surface area (Å²) in [6.45, 7) is 0. The Labute approximate surface area is 64.8 Å². The lowest BCUT2D eigenvalue weighted by atomic mass is 10.2. The molecule has 66 valence electrons. The minimum Gasteiger partial charge on any atom is -0.480 e. The SMILES string of the molecule is COC(O)CCC(N)C(=O)O. The number of rotatable bonds is 5. The Morgan fingerprint density at radius 2 is 2.18 bits per heavy atom. The molecular formula is C6H13NO4. The third-order valence-electron chi connectivity index (χ3n) is 1.31. The van der Waals surface area contributed by atoms with Gasteiger partial charge in [-0.3, -0.25) is 4.79 Å². The summed E-state index contributed by atoms with van der Waals surface area (Å²) in [6.07, 6.45) is -0.464. The van der Waals surface area contributed by atoms with E-state index in [4.69, 9.17) is 15.9 Å². The number of nitrogens with two attached hydrogens (primary N) is 1. The van der Waals surface area contributed by atoms with Crippen LogP contribution in [-0.2, 0) is 9.53 Å². The maximum atomic E-state index is 10.2. The van der Waals surface area contributed by atoms with Crippen molar-refractivity contribution in [3.05, 3.63) is 0 Å². The first-order valence-electron chi connectivity index (χ1n) is 3.27. The summed E-state index contributed by atoms with van der Waals surface area (Å²) >= 11 is 0. The Morgan fingerprint density at radius 1 is 1.64 bits per heavy atom. The number of aliphatic carboxylic acids is 1. The van der Waals surface area contributed by atoms with E-state index in [9.17, 15) is 4.79 Å². The maximum absolute atomic E-state index is 10.2. The zero-order valence-corrected chi connectivity index (χ0v) is 6.36. The van der Waals surface area contributed by atoms with E-state index < -0.39 is 18.3 Å². The highest BCUT2D eigenvalue weighted by Crippen LogP contribution is 2.00. The van der Waals surface area contributed by atoms with Crippen LogP contribution in [0.1, 0.15) is 12.8 Å². The summed E-state index contributed by atoms with van der Waals surface area (Å²) in [5.41, 5.74) is 5.15. The Bertz CT molecular complexity index is 128. The zero-order chi connectivity index (χ0) is 8.85. The fourth-order valence-corrected chi connectivity index (χ4v) is 0.563. The average Bonchev–Trinajstić information content (AvgIpc) is 1.99. The van der Waals surface area contributed by atoms with Crippen LogP contribution in [0.4, 0.5) is 0 Å². The second-order valence-electron chi connectivity index (χ2n) is 2.21. The number of methoxy groups -OCH3 is 1. The maximum Gasteiger partial charge on any atom is 0.320 e. The van der Waals surface area contributed by atoms with Gasteiger partial charge < -0.3 is 20.7 Å². The van der Waals surface area contributed by atoms with Crippen molar-refractivity contribution in [2.24, 2.45) is 5.73 Å². The third kappa shape index (κ3) is 4.72. The highest BCUT2D eigenvalue weighted by atomic mass is 16.6. The second-order valence-corrected chi connectivity index (χ2v) is 2.21. The fraction of sp³-hybridized carbons (Fsp3) is 0.833. The Hall–Kier alpha value is -0.650. The van der Waals surface area contributed by atoms with E-state index >= 15 is 0 Å². The number of carbonyl (C=O) groups is 1. The fourth-order valence-electron chi connectivity index (χ4n) is 0.563. The minimum absolute atomic E-state index is 0.213. The van der Waals surface area contributed by atoms with Gasteiger partial charge in [0.25, 0.3) is 0 Å². The van der Waals surface area contributed by atoms with Crippen LogP contribution in [-0.4, -0.2) is 35.6 Å². The summed E-state index contributed by atoms with van der Waals surface area (Å²) in [7, 11) is 1.34. The summed E-state index contributed by atoms with van der Waals surface area (Å²) in [5, 5.41) is 17.1. The number of ether oxygens (including phenoxy) is 1. The Morgan fingerprint density at radius 3 is 2.55 bits per heavy atom. The standard InChI is InChI=1S/C6H13NO4/c1-11-5(8)3-2-4(7)6(9)10/h4-5,8H,2-3,7H2,1H3,(H,9,10). The molecule has 4 N–H and O–H groups in total. The Kier molecular flexibility index (Phi) is 4.76. The number of hydrogen-bond acceptors (Lipinski definition) is 4. The van der Waals surface area contributed by atoms with Gasteiger partial charge in [-0.25, -0.2) is 0 Å². The molecule has 0 aliphatic heterocycles.